The number of hydrogen-bond acceptors (Lipinski definition) is 8. The van der Waals surface area contributed by atoms with E-state index >= 15 is 0 Å². The summed E-state index contributed by atoms with van der Waals surface area (Å²) in [7, 11) is 0. The molecule has 4 rings (SSSR count). The molecule has 3 unspecified atom stereocenters. The third kappa shape index (κ3) is 5.98. The second kappa shape index (κ2) is 13.5. The number of morpholine rings is 1. The highest BCUT2D eigenvalue weighted by Gasteiger charge is 2.76. The number of amides is 2. The van der Waals surface area contributed by atoms with Crippen molar-refractivity contribution in [1.82, 2.24) is 14.7 Å². The maximum Gasteiger partial charge on any atom is 0.310 e. The van der Waals surface area contributed by atoms with Crippen molar-refractivity contribution in [3.05, 3.63) is 25.3 Å². The number of likely N-dealkylation sites (tertiary alicyclic amines) is 1. The number of aliphatic hydroxyl groups excluding tert-OH is 1. The van der Waals surface area contributed by atoms with E-state index in [0.29, 0.717) is 45.9 Å². The summed E-state index contributed by atoms with van der Waals surface area (Å²) in [5.41, 5.74) is 0. The van der Waals surface area contributed by atoms with E-state index in [0.717, 1.165) is 32.4 Å². The Morgan fingerprint density at radius 3 is 2.72 bits per heavy atom. The monoisotopic (exact) mass is 627 g/mol. The molecule has 0 saturated carbocycles. The maximum atomic E-state index is 14.4. The molecule has 4 saturated heterocycles. The van der Waals surface area contributed by atoms with Gasteiger partial charge in [0.25, 0.3) is 0 Å². The van der Waals surface area contributed by atoms with Crippen molar-refractivity contribution in [1.29, 1.82) is 0 Å². The third-order valence-electron chi connectivity index (χ3n) is 8.47. The van der Waals surface area contributed by atoms with Crippen LogP contribution in [0.25, 0.3) is 0 Å². The van der Waals surface area contributed by atoms with Crippen LogP contribution in [0.15, 0.2) is 25.3 Å². The number of rotatable bonds is 14. The number of esters is 1. The molecule has 1 N–H and O–H groups in total. The number of fused-ring (bicyclic) bond motifs is 1. The molecular formula is C28H42BrN3O6S. The Bertz CT molecular complexity index is 933. The molecule has 4 heterocycles. The van der Waals surface area contributed by atoms with Gasteiger partial charge in [-0.25, -0.2) is 0 Å². The van der Waals surface area contributed by atoms with E-state index in [4.69, 9.17) is 9.47 Å². The Morgan fingerprint density at radius 1 is 1.31 bits per heavy atom. The molecule has 4 aliphatic heterocycles. The molecule has 0 aromatic rings. The van der Waals surface area contributed by atoms with E-state index < -0.39 is 28.7 Å². The zero-order chi connectivity index (χ0) is 28.2. The van der Waals surface area contributed by atoms with Crippen LogP contribution in [0.1, 0.15) is 32.6 Å². The van der Waals surface area contributed by atoms with Gasteiger partial charge in [-0.3, -0.25) is 19.3 Å². The van der Waals surface area contributed by atoms with Crippen LogP contribution in [-0.2, 0) is 23.9 Å². The van der Waals surface area contributed by atoms with Crippen LogP contribution in [0, 0.1) is 11.8 Å². The standard InChI is InChI=1S/C28H42BrN3O6S/c1-4-6-7-8-14-38-27(36)21-22-25(34)32(19(3)18-33)24(28(22)17-20(29)23(21)39-28)26(35)31(9-5-2)11-10-30-12-15-37-16-13-30/h4-5,19-24,33H,1-2,6-18H2,3H3/t19-,20?,21+,22+,23+,24?,28?/m1/s1. The smallest absolute Gasteiger partial charge is 0.310 e. The summed E-state index contributed by atoms with van der Waals surface area (Å²) in [6.07, 6.45) is 6.63. The molecule has 4 fully saturated rings. The Balaban J connectivity index is 1.59. The number of thioether (sulfide) groups is 1. The number of unbranched alkanes of at least 4 members (excludes halogenated alkanes) is 2. The first-order chi connectivity index (χ1) is 18.8. The topological polar surface area (TPSA) is 99.6 Å². The molecule has 9 nitrogen and oxygen atoms in total. The maximum absolute atomic E-state index is 14.4. The first kappa shape index (κ1) is 30.6. The molecule has 0 aromatic carbocycles. The van der Waals surface area contributed by atoms with E-state index in [1.807, 2.05) is 6.08 Å². The Morgan fingerprint density at radius 2 is 2.05 bits per heavy atom. The highest BCUT2D eigenvalue weighted by Crippen LogP contribution is 2.68. The molecule has 2 amide bonds. The minimum absolute atomic E-state index is 0.0225. The van der Waals surface area contributed by atoms with Gasteiger partial charge in [-0.15, -0.1) is 24.9 Å². The van der Waals surface area contributed by atoms with Gasteiger partial charge in [0.15, 0.2) is 0 Å². The van der Waals surface area contributed by atoms with Gasteiger partial charge in [0.05, 0.1) is 49.1 Å². The lowest BCUT2D eigenvalue weighted by Crippen LogP contribution is -2.58. The molecule has 4 aliphatic rings. The average Bonchev–Trinajstić information content (AvgIpc) is 3.53. The van der Waals surface area contributed by atoms with Gasteiger partial charge >= 0.3 is 5.97 Å². The van der Waals surface area contributed by atoms with Crippen molar-refractivity contribution < 1.29 is 29.0 Å². The lowest BCUT2D eigenvalue weighted by Gasteiger charge is -2.39. The van der Waals surface area contributed by atoms with Gasteiger partial charge in [0.1, 0.15) is 6.04 Å². The zero-order valence-electron chi connectivity index (χ0n) is 22.8. The number of ether oxygens (including phenoxy) is 2. The first-order valence-corrected chi connectivity index (χ1v) is 15.8. The molecule has 39 heavy (non-hydrogen) atoms. The predicted octanol–water partition coefficient (Wildman–Crippen LogP) is 2.08. The lowest BCUT2D eigenvalue weighted by molar-refractivity contribution is -0.154. The second-order valence-electron chi connectivity index (χ2n) is 10.9. The minimum atomic E-state index is -0.776. The summed E-state index contributed by atoms with van der Waals surface area (Å²) in [6.45, 7) is 13.9. The van der Waals surface area contributed by atoms with Crippen LogP contribution in [-0.4, -0.2) is 124 Å². The average molecular weight is 629 g/mol. The molecule has 0 radical (unpaired) electrons. The zero-order valence-corrected chi connectivity index (χ0v) is 25.2. The summed E-state index contributed by atoms with van der Waals surface area (Å²) < 4.78 is 10.4. The Labute approximate surface area is 244 Å². The number of nitrogens with zero attached hydrogens (tertiary/aromatic N) is 3. The SMILES string of the molecule is C=CCCCCOC(=O)[C@H]1[C@H]2C(=O)N([C@H](C)CO)C(C(=O)N(CC=C)CCN3CCOCC3)C23CC(Br)[C@@H]1S3. The van der Waals surface area contributed by atoms with Gasteiger partial charge in [-0.2, -0.15) is 0 Å². The largest absolute Gasteiger partial charge is 0.465 e. The van der Waals surface area contributed by atoms with Gasteiger partial charge in [0, 0.05) is 42.8 Å². The third-order valence-corrected chi connectivity index (χ3v) is 11.7. The van der Waals surface area contributed by atoms with Crippen LogP contribution >= 0.6 is 27.7 Å². The van der Waals surface area contributed by atoms with Crippen molar-refractivity contribution in [3.8, 4) is 0 Å². The van der Waals surface area contributed by atoms with Crippen LogP contribution < -0.4 is 0 Å². The van der Waals surface area contributed by atoms with Gasteiger partial charge in [0.2, 0.25) is 11.8 Å². The minimum Gasteiger partial charge on any atom is -0.465 e. The lowest BCUT2D eigenvalue weighted by atomic mass is 9.71. The predicted molar refractivity (Wildman–Crippen MR) is 155 cm³/mol. The molecule has 7 atom stereocenters. The van der Waals surface area contributed by atoms with E-state index in [9.17, 15) is 19.5 Å². The fourth-order valence-electron chi connectivity index (χ4n) is 6.55. The molecule has 11 heteroatoms. The second-order valence-corrected chi connectivity index (χ2v) is 13.6. The fourth-order valence-corrected chi connectivity index (χ4v) is 10.1. The molecule has 0 aromatic heterocycles. The number of carbonyl (C=O) groups excluding carboxylic acids is 3. The number of carbonyl (C=O) groups is 3. The van der Waals surface area contributed by atoms with E-state index in [1.165, 1.54) is 0 Å². The number of allylic oxidation sites excluding steroid dienone is 1. The van der Waals surface area contributed by atoms with Crippen molar-refractivity contribution in [2.45, 2.75) is 59.5 Å². The van der Waals surface area contributed by atoms with E-state index in [1.54, 1.807) is 34.6 Å². The highest BCUT2D eigenvalue weighted by atomic mass is 79.9. The molecule has 0 aliphatic carbocycles. The number of aliphatic hydroxyl groups is 1. The molecular weight excluding hydrogens is 586 g/mol. The van der Waals surface area contributed by atoms with Gasteiger partial charge < -0.3 is 24.4 Å². The number of hydrogen-bond donors (Lipinski definition) is 1. The summed E-state index contributed by atoms with van der Waals surface area (Å²) >= 11 is 5.37. The van der Waals surface area contributed by atoms with Gasteiger partial charge in [-0.1, -0.05) is 28.1 Å². The van der Waals surface area contributed by atoms with Crippen molar-refractivity contribution >= 4 is 45.5 Å². The normalized spacial score (nSPS) is 32.6. The van der Waals surface area contributed by atoms with E-state index in [-0.39, 0.29) is 34.5 Å². The Kier molecular flexibility index (Phi) is 10.6. The number of halogens is 1. The first-order valence-electron chi connectivity index (χ1n) is 14.0. The summed E-state index contributed by atoms with van der Waals surface area (Å²) in [6, 6.07) is -1.33. The van der Waals surface area contributed by atoms with Crippen molar-refractivity contribution in [3.63, 3.8) is 0 Å². The number of alkyl halides is 1. The van der Waals surface area contributed by atoms with E-state index in [2.05, 4.69) is 34.0 Å². The Hall–Kier alpha value is -1.40. The van der Waals surface area contributed by atoms with Crippen molar-refractivity contribution in [2.24, 2.45) is 11.8 Å². The summed E-state index contributed by atoms with van der Waals surface area (Å²) in [5, 5.41) is 9.95. The van der Waals surface area contributed by atoms with Crippen LogP contribution in [0.3, 0.4) is 0 Å². The van der Waals surface area contributed by atoms with Crippen LogP contribution in [0.5, 0.6) is 0 Å². The summed E-state index contributed by atoms with van der Waals surface area (Å²) in [4.78, 5) is 47.4. The molecule has 218 valence electrons. The van der Waals surface area contributed by atoms with Crippen LogP contribution in [0.4, 0.5) is 0 Å². The molecule has 2 bridgehead atoms. The highest BCUT2D eigenvalue weighted by molar-refractivity contribution is 9.09. The quantitative estimate of drug-likeness (QED) is 0.135. The summed E-state index contributed by atoms with van der Waals surface area (Å²) in [5.74, 6) is -2.03. The fraction of sp³-hybridized carbons (Fsp3) is 0.750. The van der Waals surface area contributed by atoms with Crippen LogP contribution in [0.2, 0.25) is 0 Å². The van der Waals surface area contributed by atoms with Gasteiger partial charge in [-0.05, 0) is 32.6 Å². The van der Waals surface area contributed by atoms with Crippen molar-refractivity contribution in [2.75, 3.05) is 59.2 Å². The molecule has 1 spiro atoms.